The van der Waals surface area contributed by atoms with Gasteiger partial charge in [-0.15, -0.1) is 0 Å². The molecular weight excluding hydrogens is 451 g/mol. The Morgan fingerprint density at radius 2 is 1.53 bits per heavy atom. The van der Waals surface area contributed by atoms with Crippen molar-refractivity contribution in [1.29, 1.82) is 0 Å². The minimum absolute atomic E-state index is 0.0182. The second kappa shape index (κ2) is 12.3. The molecule has 3 aromatic carbocycles. The van der Waals surface area contributed by atoms with Crippen LogP contribution >= 0.6 is 11.6 Å². The van der Waals surface area contributed by atoms with Gasteiger partial charge in [-0.3, -0.25) is 9.59 Å². The van der Waals surface area contributed by atoms with Crippen LogP contribution < -0.4 is 5.32 Å². The van der Waals surface area contributed by atoms with E-state index < -0.39 is 6.04 Å². The fourth-order valence-corrected chi connectivity index (χ4v) is 3.79. The molecule has 1 N–H and O–H groups in total. The van der Waals surface area contributed by atoms with Gasteiger partial charge in [0, 0.05) is 24.0 Å². The number of nitrogens with zero attached hydrogens (tertiary/aromatic N) is 1. The lowest BCUT2D eigenvalue weighted by molar-refractivity contribution is -0.141. The van der Waals surface area contributed by atoms with Crippen molar-refractivity contribution in [3.63, 3.8) is 0 Å². The summed E-state index contributed by atoms with van der Waals surface area (Å²) < 4.78 is 13.4. The Bertz CT molecular complexity index is 1070. The first-order valence-electron chi connectivity index (χ1n) is 11.5. The molecule has 0 aromatic heterocycles. The standard InChI is InChI=1S/C28H30ClFN2O2/c1-3-20(2)31-28(34)26(17-21-7-5-4-6-8-21)32(19-23-9-13-24(29)14-10-23)27(33)18-22-11-15-25(30)16-12-22/h4-16,20,26H,3,17-19H2,1-2H3,(H,31,34)/t20-,26+/m1/s1. The van der Waals surface area contributed by atoms with Crippen molar-refractivity contribution in [2.45, 2.75) is 51.7 Å². The van der Waals surface area contributed by atoms with Gasteiger partial charge in [0.25, 0.3) is 0 Å². The Morgan fingerprint density at radius 3 is 2.15 bits per heavy atom. The molecule has 0 aliphatic rings. The maximum Gasteiger partial charge on any atom is 0.243 e. The van der Waals surface area contributed by atoms with Gasteiger partial charge in [-0.05, 0) is 54.3 Å². The molecule has 0 fully saturated rings. The minimum Gasteiger partial charge on any atom is -0.352 e. The molecule has 3 rings (SSSR count). The van der Waals surface area contributed by atoms with Crippen molar-refractivity contribution in [2.24, 2.45) is 0 Å². The molecule has 2 atom stereocenters. The van der Waals surface area contributed by atoms with Gasteiger partial charge in [-0.25, -0.2) is 4.39 Å². The van der Waals surface area contributed by atoms with Gasteiger partial charge in [0.1, 0.15) is 11.9 Å². The summed E-state index contributed by atoms with van der Waals surface area (Å²) in [7, 11) is 0. The van der Waals surface area contributed by atoms with Crippen LogP contribution in [0.1, 0.15) is 37.0 Å². The zero-order chi connectivity index (χ0) is 24.5. The number of benzene rings is 3. The van der Waals surface area contributed by atoms with E-state index in [9.17, 15) is 14.0 Å². The zero-order valence-electron chi connectivity index (χ0n) is 19.5. The van der Waals surface area contributed by atoms with Crippen LogP contribution in [0.4, 0.5) is 4.39 Å². The summed E-state index contributed by atoms with van der Waals surface area (Å²) in [5.41, 5.74) is 2.52. The van der Waals surface area contributed by atoms with Crippen molar-refractivity contribution in [1.82, 2.24) is 10.2 Å². The van der Waals surface area contributed by atoms with Gasteiger partial charge >= 0.3 is 0 Å². The van der Waals surface area contributed by atoms with Crippen LogP contribution in [0.5, 0.6) is 0 Å². The molecule has 0 spiro atoms. The molecule has 0 aliphatic heterocycles. The maximum absolute atomic E-state index is 13.6. The summed E-state index contributed by atoms with van der Waals surface area (Å²) in [6, 6.07) is 22.0. The van der Waals surface area contributed by atoms with E-state index in [1.165, 1.54) is 12.1 Å². The van der Waals surface area contributed by atoms with E-state index in [1.807, 2.05) is 56.3 Å². The Hall–Kier alpha value is -3.18. The molecule has 3 aromatic rings. The first-order valence-corrected chi connectivity index (χ1v) is 11.9. The first kappa shape index (κ1) is 25.4. The second-order valence-electron chi connectivity index (χ2n) is 8.47. The second-order valence-corrected chi connectivity index (χ2v) is 8.91. The summed E-state index contributed by atoms with van der Waals surface area (Å²) in [6.07, 6.45) is 1.23. The summed E-state index contributed by atoms with van der Waals surface area (Å²) in [4.78, 5) is 28.6. The van der Waals surface area contributed by atoms with Crippen LogP contribution in [0.3, 0.4) is 0 Å². The van der Waals surface area contributed by atoms with E-state index in [2.05, 4.69) is 5.32 Å². The van der Waals surface area contributed by atoms with Gasteiger partial charge in [-0.1, -0.05) is 73.1 Å². The number of carbonyl (C=O) groups excluding carboxylic acids is 2. The third kappa shape index (κ3) is 7.42. The predicted octanol–water partition coefficient (Wildman–Crippen LogP) is 5.58. The number of halogens is 2. The van der Waals surface area contributed by atoms with E-state index in [0.717, 1.165) is 17.5 Å². The Balaban J connectivity index is 1.95. The van der Waals surface area contributed by atoms with Crippen LogP contribution in [0.25, 0.3) is 0 Å². The summed E-state index contributed by atoms with van der Waals surface area (Å²) in [5, 5.41) is 3.65. The maximum atomic E-state index is 13.6. The molecule has 0 saturated carbocycles. The van der Waals surface area contributed by atoms with Gasteiger partial charge in [0.05, 0.1) is 6.42 Å². The van der Waals surface area contributed by atoms with Crippen LogP contribution in [0.2, 0.25) is 5.02 Å². The molecule has 0 aliphatic carbocycles. The Kier molecular flexibility index (Phi) is 9.23. The van der Waals surface area contributed by atoms with Gasteiger partial charge in [0.15, 0.2) is 0 Å². The molecule has 6 heteroatoms. The van der Waals surface area contributed by atoms with E-state index in [0.29, 0.717) is 17.0 Å². The quantitative estimate of drug-likeness (QED) is 0.412. The molecular formula is C28H30ClFN2O2. The fourth-order valence-electron chi connectivity index (χ4n) is 3.66. The summed E-state index contributed by atoms with van der Waals surface area (Å²) in [5.74, 6) is -0.759. The predicted molar refractivity (Wildman–Crippen MR) is 134 cm³/mol. The normalized spacial score (nSPS) is 12.6. The van der Waals surface area contributed by atoms with Crippen molar-refractivity contribution in [2.75, 3.05) is 0 Å². The largest absolute Gasteiger partial charge is 0.352 e. The molecule has 0 heterocycles. The highest BCUT2D eigenvalue weighted by molar-refractivity contribution is 6.30. The minimum atomic E-state index is -0.708. The molecule has 0 radical (unpaired) electrons. The number of hydrogen-bond acceptors (Lipinski definition) is 2. The lowest BCUT2D eigenvalue weighted by Crippen LogP contribution is -2.52. The molecule has 34 heavy (non-hydrogen) atoms. The number of carbonyl (C=O) groups is 2. The number of rotatable bonds is 10. The Morgan fingerprint density at radius 1 is 0.912 bits per heavy atom. The average Bonchev–Trinajstić information content (AvgIpc) is 2.84. The highest BCUT2D eigenvalue weighted by atomic mass is 35.5. The SMILES string of the molecule is CC[C@@H](C)NC(=O)[C@H](Cc1ccccc1)N(Cc1ccc(Cl)cc1)C(=O)Cc1ccc(F)cc1. The van der Waals surface area contributed by atoms with Gasteiger partial charge < -0.3 is 10.2 Å². The van der Waals surface area contributed by atoms with Crippen LogP contribution in [0.15, 0.2) is 78.9 Å². The Labute approximate surface area is 205 Å². The van der Waals surface area contributed by atoms with E-state index >= 15 is 0 Å². The van der Waals surface area contributed by atoms with Crippen LogP contribution in [-0.2, 0) is 29.0 Å². The highest BCUT2D eigenvalue weighted by Gasteiger charge is 2.31. The number of nitrogens with one attached hydrogen (secondary N) is 1. The summed E-state index contributed by atoms with van der Waals surface area (Å²) >= 11 is 6.05. The lowest BCUT2D eigenvalue weighted by atomic mass is 10.0. The van der Waals surface area contributed by atoms with E-state index in [-0.39, 0.29) is 36.6 Å². The highest BCUT2D eigenvalue weighted by Crippen LogP contribution is 2.18. The fraction of sp³-hybridized carbons (Fsp3) is 0.286. The third-order valence-corrected chi connectivity index (χ3v) is 6.06. The third-order valence-electron chi connectivity index (χ3n) is 5.81. The average molecular weight is 481 g/mol. The smallest absolute Gasteiger partial charge is 0.243 e. The van der Waals surface area contributed by atoms with Crippen LogP contribution in [-0.4, -0.2) is 28.8 Å². The van der Waals surface area contributed by atoms with E-state index in [1.54, 1.807) is 29.2 Å². The first-order chi connectivity index (χ1) is 16.4. The van der Waals surface area contributed by atoms with Gasteiger partial charge in [0.2, 0.25) is 11.8 Å². The number of amides is 2. The van der Waals surface area contributed by atoms with Crippen LogP contribution in [0, 0.1) is 5.82 Å². The zero-order valence-corrected chi connectivity index (χ0v) is 20.3. The van der Waals surface area contributed by atoms with Crippen molar-refractivity contribution < 1.29 is 14.0 Å². The number of hydrogen-bond donors (Lipinski definition) is 1. The monoisotopic (exact) mass is 480 g/mol. The van der Waals surface area contributed by atoms with E-state index in [4.69, 9.17) is 11.6 Å². The van der Waals surface area contributed by atoms with Crippen molar-refractivity contribution in [3.8, 4) is 0 Å². The molecule has 4 nitrogen and oxygen atoms in total. The molecule has 178 valence electrons. The van der Waals surface area contributed by atoms with Gasteiger partial charge in [-0.2, -0.15) is 0 Å². The topological polar surface area (TPSA) is 49.4 Å². The van der Waals surface area contributed by atoms with Crippen molar-refractivity contribution >= 4 is 23.4 Å². The summed E-state index contributed by atoms with van der Waals surface area (Å²) in [6.45, 7) is 4.20. The van der Waals surface area contributed by atoms with Crippen molar-refractivity contribution in [3.05, 3.63) is 106 Å². The molecule has 0 saturated heterocycles. The lowest BCUT2D eigenvalue weighted by Gasteiger charge is -2.32. The molecule has 0 unspecified atom stereocenters. The molecule has 2 amide bonds. The molecule has 0 bridgehead atoms.